The maximum atomic E-state index is 12.4. The highest BCUT2D eigenvalue weighted by atomic mass is 16.5. The molecule has 1 aliphatic rings. The van der Waals surface area contributed by atoms with Crippen molar-refractivity contribution in [1.29, 1.82) is 0 Å². The van der Waals surface area contributed by atoms with Crippen molar-refractivity contribution < 1.29 is 9.53 Å². The highest BCUT2D eigenvalue weighted by molar-refractivity contribution is 5.96. The van der Waals surface area contributed by atoms with Gasteiger partial charge in [0.2, 0.25) is 0 Å². The molecule has 1 aromatic heterocycles. The second-order valence-electron chi connectivity index (χ2n) is 5.54. The summed E-state index contributed by atoms with van der Waals surface area (Å²) in [5.41, 5.74) is 1.92. The zero-order valence-electron chi connectivity index (χ0n) is 12.8. The van der Waals surface area contributed by atoms with Crippen LogP contribution in [0.2, 0.25) is 0 Å². The predicted octanol–water partition coefficient (Wildman–Crippen LogP) is 1.36. The van der Waals surface area contributed by atoms with Gasteiger partial charge in [-0.25, -0.2) is 0 Å². The number of benzene rings is 1. The van der Waals surface area contributed by atoms with Gasteiger partial charge in [-0.1, -0.05) is 30.3 Å². The quantitative estimate of drug-likeness (QED) is 0.930. The first-order chi connectivity index (χ1) is 10.6. The number of nitrogens with zero attached hydrogens (tertiary/aromatic N) is 3. The summed E-state index contributed by atoms with van der Waals surface area (Å²) in [6, 6.07) is 9.89. The number of hydrogen-bond donors (Lipinski definition) is 1. The first-order valence-corrected chi connectivity index (χ1v) is 7.33. The van der Waals surface area contributed by atoms with Gasteiger partial charge in [0.1, 0.15) is 6.10 Å². The van der Waals surface area contributed by atoms with Gasteiger partial charge < -0.3 is 15.0 Å². The predicted molar refractivity (Wildman–Crippen MR) is 84.5 cm³/mol. The zero-order valence-corrected chi connectivity index (χ0v) is 12.8. The van der Waals surface area contributed by atoms with E-state index in [4.69, 9.17) is 4.74 Å². The van der Waals surface area contributed by atoms with Gasteiger partial charge in [-0.3, -0.25) is 9.48 Å². The molecule has 0 radical (unpaired) electrons. The van der Waals surface area contributed by atoms with Crippen LogP contribution in [0.5, 0.6) is 0 Å². The maximum Gasteiger partial charge on any atom is 0.256 e. The summed E-state index contributed by atoms with van der Waals surface area (Å²) in [7, 11) is 3.83. The van der Waals surface area contributed by atoms with Gasteiger partial charge in [-0.2, -0.15) is 5.10 Å². The molecular formula is C16H20N4O2. The van der Waals surface area contributed by atoms with Gasteiger partial charge in [-0.15, -0.1) is 0 Å². The Kier molecular flexibility index (Phi) is 4.22. The Morgan fingerprint density at radius 2 is 2.09 bits per heavy atom. The molecule has 1 aliphatic heterocycles. The van der Waals surface area contributed by atoms with Crippen LogP contribution in [0.4, 0.5) is 5.82 Å². The number of nitrogens with one attached hydrogen (secondary N) is 1. The Labute approximate surface area is 129 Å². The first-order valence-electron chi connectivity index (χ1n) is 7.33. The standard InChI is InChI=1S/C16H20N4O2/c1-19-8-9-22-14(11-19)16(21)17-15-13(10-20(2)18-15)12-6-4-3-5-7-12/h3-7,10,14H,8-9,11H2,1-2H3,(H,17,18,21)/t14-/m0/s1. The Bertz CT molecular complexity index is 653. The largest absolute Gasteiger partial charge is 0.366 e. The maximum absolute atomic E-state index is 12.4. The minimum atomic E-state index is -0.454. The van der Waals surface area contributed by atoms with Crippen LogP contribution in [0.25, 0.3) is 11.1 Å². The van der Waals surface area contributed by atoms with E-state index in [0.717, 1.165) is 17.7 Å². The molecule has 3 rings (SSSR count). The number of rotatable bonds is 3. The SMILES string of the molecule is CN1CCO[C@H](C(=O)Nc2nn(C)cc2-c2ccccc2)C1. The van der Waals surface area contributed by atoms with Crippen LogP contribution in [-0.2, 0) is 16.6 Å². The zero-order chi connectivity index (χ0) is 15.5. The number of aryl methyl sites for hydroxylation is 1. The van der Waals surface area contributed by atoms with Crippen molar-refractivity contribution >= 4 is 11.7 Å². The van der Waals surface area contributed by atoms with Gasteiger partial charge in [0.05, 0.1) is 6.61 Å². The molecule has 0 spiro atoms. The molecule has 2 heterocycles. The fraction of sp³-hybridized carbons (Fsp3) is 0.375. The highest BCUT2D eigenvalue weighted by Gasteiger charge is 2.26. The molecular weight excluding hydrogens is 280 g/mol. The third kappa shape index (κ3) is 3.18. The lowest BCUT2D eigenvalue weighted by Gasteiger charge is -2.28. The molecule has 6 heteroatoms. The molecule has 1 atom stereocenters. The van der Waals surface area contributed by atoms with Crippen LogP contribution in [0.15, 0.2) is 36.5 Å². The van der Waals surface area contributed by atoms with Crippen molar-refractivity contribution in [3.05, 3.63) is 36.5 Å². The Morgan fingerprint density at radius 3 is 2.82 bits per heavy atom. The van der Waals surface area contributed by atoms with E-state index in [0.29, 0.717) is 19.0 Å². The van der Waals surface area contributed by atoms with Crippen LogP contribution in [0.1, 0.15) is 0 Å². The number of morpholine rings is 1. The fourth-order valence-electron chi connectivity index (χ4n) is 2.54. The first kappa shape index (κ1) is 14.7. The summed E-state index contributed by atoms with van der Waals surface area (Å²) in [4.78, 5) is 14.5. The molecule has 2 aromatic rings. The van der Waals surface area contributed by atoms with E-state index in [1.165, 1.54) is 0 Å². The summed E-state index contributed by atoms with van der Waals surface area (Å²) in [5, 5.41) is 7.25. The number of carbonyl (C=O) groups is 1. The summed E-state index contributed by atoms with van der Waals surface area (Å²) in [5.74, 6) is 0.415. The lowest BCUT2D eigenvalue weighted by molar-refractivity contribution is -0.132. The van der Waals surface area contributed by atoms with Crippen molar-refractivity contribution in [3.8, 4) is 11.1 Å². The third-order valence-electron chi connectivity index (χ3n) is 3.72. The molecule has 0 unspecified atom stereocenters. The van der Waals surface area contributed by atoms with E-state index in [1.807, 2.05) is 50.6 Å². The molecule has 116 valence electrons. The number of carbonyl (C=O) groups excluding carboxylic acids is 1. The van der Waals surface area contributed by atoms with Crippen LogP contribution in [-0.4, -0.2) is 53.4 Å². The van der Waals surface area contributed by atoms with Gasteiger partial charge in [0.15, 0.2) is 5.82 Å². The van der Waals surface area contributed by atoms with Crippen LogP contribution in [0, 0.1) is 0 Å². The topological polar surface area (TPSA) is 59.4 Å². The Balaban J connectivity index is 1.79. The normalized spacial score (nSPS) is 19.1. The van der Waals surface area contributed by atoms with Crippen molar-refractivity contribution in [2.24, 2.45) is 7.05 Å². The second kappa shape index (κ2) is 6.29. The number of likely N-dealkylation sites (N-methyl/N-ethyl adjacent to an activating group) is 1. The molecule has 1 aromatic carbocycles. The van der Waals surface area contributed by atoms with Crippen molar-refractivity contribution in [2.75, 3.05) is 32.1 Å². The average Bonchev–Trinajstić information content (AvgIpc) is 2.88. The van der Waals surface area contributed by atoms with E-state index in [9.17, 15) is 4.79 Å². The minimum absolute atomic E-state index is 0.151. The fourth-order valence-corrected chi connectivity index (χ4v) is 2.54. The molecule has 1 amide bonds. The molecule has 1 N–H and O–H groups in total. The summed E-state index contributed by atoms with van der Waals surface area (Å²) in [6.45, 7) is 2.02. The number of anilines is 1. The van der Waals surface area contributed by atoms with Crippen molar-refractivity contribution in [1.82, 2.24) is 14.7 Å². The monoisotopic (exact) mass is 300 g/mol. The number of hydrogen-bond acceptors (Lipinski definition) is 4. The molecule has 0 bridgehead atoms. The van der Waals surface area contributed by atoms with Gasteiger partial charge in [0.25, 0.3) is 5.91 Å². The summed E-state index contributed by atoms with van der Waals surface area (Å²) < 4.78 is 7.25. The van der Waals surface area contributed by atoms with Crippen molar-refractivity contribution in [3.63, 3.8) is 0 Å². The Hall–Kier alpha value is -2.18. The van der Waals surface area contributed by atoms with E-state index in [2.05, 4.69) is 15.3 Å². The van der Waals surface area contributed by atoms with E-state index in [-0.39, 0.29) is 5.91 Å². The number of aromatic nitrogens is 2. The Morgan fingerprint density at radius 1 is 1.32 bits per heavy atom. The number of ether oxygens (including phenoxy) is 1. The van der Waals surface area contributed by atoms with Gasteiger partial charge in [0, 0.05) is 31.9 Å². The average molecular weight is 300 g/mol. The second-order valence-corrected chi connectivity index (χ2v) is 5.54. The van der Waals surface area contributed by atoms with E-state index < -0.39 is 6.10 Å². The van der Waals surface area contributed by atoms with Crippen LogP contribution >= 0.6 is 0 Å². The molecule has 22 heavy (non-hydrogen) atoms. The molecule has 1 fully saturated rings. The van der Waals surface area contributed by atoms with Crippen LogP contribution in [0.3, 0.4) is 0 Å². The molecule has 0 aliphatic carbocycles. The lowest BCUT2D eigenvalue weighted by Crippen LogP contribution is -2.46. The summed E-state index contributed by atoms with van der Waals surface area (Å²) >= 11 is 0. The van der Waals surface area contributed by atoms with Crippen LogP contribution < -0.4 is 5.32 Å². The third-order valence-corrected chi connectivity index (χ3v) is 3.72. The van der Waals surface area contributed by atoms with E-state index >= 15 is 0 Å². The van der Waals surface area contributed by atoms with Gasteiger partial charge >= 0.3 is 0 Å². The minimum Gasteiger partial charge on any atom is -0.366 e. The highest BCUT2D eigenvalue weighted by Crippen LogP contribution is 2.26. The molecule has 6 nitrogen and oxygen atoms in total. The molecule has 0 saturated carbocycles. The summed E-state index contributed by atoms with van der Waals surface area (Å²) in [6.07, 6.45) is 1.45. The van der Waals surface area contributed by atoms with Gasteiger partial charge in [-0.05, 0) is 12.6 Å². The van der Waals surface area contributed by atoms with E-state index in [1.54, 1.807) is 4.68 Å². The van der Waals surface area contributed by atoms with Crippen molar-refractivity contribution in [2.45, 2.75) is 6.10 Å². The molecule has 1 saturated heterocycles. The lowest BCUT2D eigenvalue weighted by atomic mass is 10.1. The smallest absolute Gasteiger partial charge is 0.256 e. The number of amides is 1.